The van der Waals surface area contributed by atoms with Crippen LogP contribution in [0.15, 0.2) is 52.5 Å². The number of nitrogens with two attached hydrogens (primary N) is 1. The summed E-state index contributed by atoms with van der Waals surface area (Å²) in [5, 5.41) is 0. The molecule has 1 saturated heterocycles. The van der Waals surface area contributed by atoms with Crippen LogP contribution in [0.4, 0.5) is 11.5 Å². The van der Waals surface area contributed by atoms with Crippen LogP contribution in [-0.2, 0) is 20.0 Å². The average Bonchev–Trinajstić information content (AvgIpc) is 3.45. The topological polar surface area (TPSA) is 102 Å². The standard InChI is InChI=1S/C27H29N7O2.CH4/c1-32-12-8-20-17(26(32)35)6-4-11-34(20)25-23-19(15-30-25)31-22(16-29-23)33-13-9-27(10-14-33)24(28)18-5-2-3-7-21(18)36-27;/h2-3,5,7-8,12,16,24H,4,6,9-11,13-15,28H2,1H3;1H4/t24-;/m1./s1. The second-order valence-corrected chi connectivity index (χ2v) is 10.2. The zero-order valence-corrected chi connectivity index (χ0v) is 20.4. The van der Waals surface area contributed by atoms with Gasteiger partial charge in [0.05, 0.1) is 30.2 Å². The van der Waals surface area contributed by atoms with Gasteiger partial charge in [-0.25, -0.2) is 9.97 Å². The number of benzene rings is 1. The smallest absolute Gasteiger partial charge is 0.255 e. The highest BCUT2D eigenvalue weighted by molar-refractivity contribution is 6.11. The summed E-state index contributed by atoms with van der Waals surface area (Å²) in [5.41, 5.74) is 11.0. The SMILES string of the molecule is C.Cn1ccc2c(c1=O)CCCN2C1=NCc2nc(N3CCC4(CC3)Oc3ccccc3[C@H]4N)cnc21. The number of amidine groups is 1. The zero-order chi connectivity index (χ0) is 24.4. The van der Waals surface area contributed by atoms with E-state index in [2.05, 4.69) is 15.9 Å². The van der Waals surface area contributed by atoms with Gasteiger partial charge in [-0.3, -0.25) is 9.79 Å². The zero-order valence-electron chi connectivity index (χ0n) is 20.4. The Labute approximate surface area is 216 Å². The van der Waals surface area contributed by atoms with Crippen molar-refractivity contribution in [3.05, 3.63) is 75.6 Å². The molecule has 4 aliphatic rings. The molecule has 0 saturated carbocycles. The van der Waals surface area contributed by atoms with E-state index in [1.165, 1.54) is 0 Å². The van der Waals surface area contributed by atoms with Crippen LogP contribution >= 0.6 is 0 Å². The summed E-state index contributed by atoms with van der Waals surface area (Å²) < 4.78 is 8.04. The molecular weight excluding hydrogens is 466 g/mol. The van der Waals surface area contributed by atoms with Crippen molar-refractivity contribution >= 4 is 17.3 Å². The summed E-state index contributed by atoms with van der Waals surface area (Å²) in [6.45, 7) is 2.94. The number of hydrogen-bond acceptors (Lipinski definition) is 8. The van der Waals surface area contributed by atoms with Crippen LogP contribution in [0.25, 0.3) is 0 Å². The molecule has 2 aromatic heterocycles. The Bertz CT molecular complexity index is 1460. The number of piperidine rings is 1. The Hall–Kier alpha value is -3.72. The monoisotopic (exact) mass is 499 g/mol. The van der Waals surface area contributed by atoms with E-state index >= 15 is 0 Å². The molecule has 0 bridgehead atoms. The number of aromatic nitrogens is 3. The van der Waals surface area contributed by atoms with Crippen molar-refractivity contribution in [3.8, 4) is 5.75 Å². The summed E-state index contributed by atoms with van der Waals surface area (Å²) in [6, 6.07) is 10.0. The summed E-state index contributed by atoms with van der Waals surface area (Å²) in [5.74, 6) is 2.61. The number of para-hydroxylation sites is 1. The van der Waals surface area contributed by atoms with Gasteiger partial charge in [-0.1, -0.05) is 25.6 Å². The number of rotatable bonds is 1. The molecule has 0 aliphatic carbocycles. The largest absolute Gasteiger partial charge is 0.485 e. The van der Waals surface area contributed by atoms with Gasteiger partial charge in [0.1, 0.15) is 22.9 Å². The van der Waals surface area contributed by atoms with Gasteiger partial charge in [0.2, 0.25) is 0 Å². The van der Waals surface area contributed by atoms with Crippen LogP contribution in [-0.4, -0.2) is 45.6 Å². The van der Waals surface area contributed by atoms with Gasteiger partial charge in [-0.05, 0) is 25.0 Å². The molecular formula is C28H33N7O2. The molecule has 4 aliphatic heterocycles. The summed E-state index contributed by atoms with van der Waals surface area (Å²) in [4.78, 5) is 31.7. The molecule has 7 rings (SSSR count). The van der Waals surface area contributed by atoms with E-state index in [0.29, 0.717) is 6.54 Å². The number of ether oxygens (including phenoxy) is 1. The normalized spacial score (nSPS) is 21.0. The molecule has 1 fully saturated rings. The van der Waals surface area contributed by atoms with Crippen molar-refractivity contribution in [2.75, 3.05) is 29.4 Å². The second kappa shape index (κ2) is 8.69. The van der Waals surface area contributed by atoms with E-state index in [9.17, 15) is 4.79 Å². The fourth-order valence-electron chi connectivity index (χ4n) is 6.14. The first kappa shape index (κ1) is 23.7. The highest BCUT2D eigenvalue weighted by atomic mass is 16.5. The van der Waals surface area contributed by atoms with E-state index in [4.69, 9.17) is 25.4 Å². The number of nitrogens with zero attached hydrogens (tertiary/aromatic N) is 6. The molecule has 192 valence electrons. The highest BCUT2D eigenvalue weighted by Gasteiger charge is 2.48. The molecule has 1 aromatic carbocycles. The maximum atomic E-state index is 12.7. The second-order valence-electron chi connectivity index (χ2n) is 10.2. The van der Waals surface area contributed by atoms with Crippen molar-refractivity contribution in [3.63, 3.8) is 0 Å². The number of pyridine rings is 1. The molecule has 0 amide bonds. The summed E-state index contributed by atoms with van der Waals surface area (Å²) in [6.07, 6.45) is 7.06. The lowest BCUT2D eigenvalue weighted by atomic mass is 9.83. The summed E-state index contributed by atoms with van der Waals surface area (Å²) >= 11 is 0. The van der Waals surface area contributed by atoms with Crippen molar-refractivity contribution in [2.45, 2.75) is 51.3 Å². The van der Waals surface area contributed by atoms with Crippen LogP contribution in [0.5, 0.6) is 5.75 Å². The number of fused-ring (bicyclic) bond motifs is 3. The predicted octanol–water partition coefficient (Wildman–Crippen LogP) is 2.96. The highest BCUT2D eigenvalue weighted by Crippen LogP contribution is 2.47. The molecule has 37 heavy (non-hydrogen) atoms. The summed E-state index contributed by atoms with van der Waals surface area (Å²) in [7, 11) is 1.80. The Morgan fingerprint density at radius 1 is 1.14 bits per heavy atom. The lowest BCUT2D eigenvalue weighted by Gasteiger charge is -2.41. The quantitative estimate of drug-likeness (QED) is 0.549. The first-order valence-electron chi connectivity index (χ1n) is 12.7. The lowest BCUT2D eigenvalue weighted by molar-refractivity contribution is 0.0431. The van der Waals surface area contributed by atoms with Gasteiger partial charge in [0.15, 0.2) is 5.84 Å². The number of aryl methyl sites for hydroxylation is 1. The van der Waals surface area contributed by atoms with Crippen molar-refractivity contribution < 1.29 is 4.74 Å². The van der Waals surface area contributed by atoms with E-state index in [-0.39, 0.29) is 24.6 Å². The first-order chi connectivity index (χ1) is 17.5. The first-order valence-corrected chi connectivity index (χ1v) is 12.7. The molecule has 9 heteroatoms. The van der Waals surface area contributed by atoms with E-state index < -0.39 is 0 Å². The predicted molar refractivity (Wildman–Crippen MR) is 145 cm³/mol. The minimum Gasteiger partial charge on any atom is -0.485 e. The van der Waals surface area contributed by atoms with Gasteiger partial charge in [0, 0.05) is 56.8 Å². The Balaban J connectivity index is 0.00000252. The third kappa shape index (κ3) is 3.55. The average molecular weight is 500 g/mol. The van der Waals surface area contributed by atoms with Crippen LogP contribution in [0, 0.1) is 0 Å². The van der Waals surface area contributed by atoms with Gasteiger partial charge >= 0.3 is 0 Å². The molecule has 1 spiro atoms. The maximum absolute atomic E-state index is 12.7. The molecule has 0 radical (unpaired) electrons. The minimum absolute atomic E-state index is 0. The molecule has 1 atom stereocenters. The molecule has 6 heterocycles. The third-order valence-corrected chi connectivity index (χ3v) is 8.19. The van der Waals surface area contributed by atoms with Crippen molar-refractivity contribution in [1.29, 1.82) is 0 Å². The fourth-order valence-corrected chi connectivity index (χ4v) is 6.14. The van der Waals surface area contributed by atoms with Gasteiger partial charge in [0.25, 0.3) is 5.56 Å². The van der Waals surface area contributed by atoms with Crippen LogP contribution in [0.3, 0.4) is 0 Å². The molecule has 2 N–H and O–H groups in total. The van der Waals surface area contributed by atoms with Gasteiger partial charge < -0.3 is 24.8 Å². The van der Waals surface area contributed by atoms with E-state index in [0.717, 1.165) is 90.9 Å². The minimum atomic E-state index is -0.348. The van der Waals surface area contributed by atoms with Crippen LogP contribution in [0.2, 0.25) is 0 Å². The number of aliphatic imine (C=N–C) groups is 1. The van der Waals surface area contributed by atoms with Crippen LogP contribution < -0.4 is 25.8 Å². The van der Waals surface area contributed by atoms with Gasteiger partial charge in [-0.15, -0.1) is 0 Å². The van der Waals surface area contributed by atoms with Gasteiger partial charge in [-0.2, -0.15) is 0 Å². The van der Waals surface area contributed by atoms with Crippen LogP contribution in [0.1, 0.15) is 55.2 Å². The maximum Gasteiger partial charge on any atom is 0.255 e. The molecule has 3 aromatic rings. The molecule has 0 unspecified atom stereocenters. The third-order valence-electron chi connectivity index (χ3n) is 8.19. The number of hydrogen-bond donors (Lipinski definition) is 1. The Kier molecular flexibility index (Phi) is 5.56. The molecule has 9 nitrogen and oxygen atoms in total. The van der Waals surface area contributed by atoms with E-state index in [1.54, 1.807) is 11.6 Å². The number of anilines is 2. The van der Waals surface area contributed by atoms with Crippen molar-refractivity contribution in [2.24, 2.45) is 17.8 Å². The fraction of sp³-hybridized carbons (Fsp3) is 0.429. The van der Waals surface area contributed by atoms with Crippen molar-refractivity contribution in [1.82, 2.24) is 14.5 Å². The Morgan fingerprint density at radius 2 is 1.95 bits per heavy atom. The van der Waals surface area contributed by atoms with E-state index in [1.807, 2.05) is 36.7 Å². The lowest BCUT2D eigenvalue weighted by Crippen LogP contribution is -2.51. The Morgan fingerprint density at radius 3 is 2.76 bits per heavy atom.